The molecule has 0 bridgehead atoms. The minimum Gasteiger partial charge on any atom is -0.314 e. The van der Waals surface area contributed by atoms with E-state index in [9.17, 15) is 0 Å². The van der Waals surface area contributed by atoms with E-state index in [1.54, 1.807) is 0 Å². The van der Waals surface area contributed by atoms with Crippen LogP contribution in [0.5, 0.6) is 0 Å². The lowest BCUT2D eigenvalue weighted by molar-refractivity contribution is 0.488. The molecule has 15 heavy (non-hydrogen) atoms. The molecule has 1 atom stereocenters. The second-order valence-corrected chi connectivity index (χ2v) is 5.22. The van der Waals surface area contributed by atoms with Crippen molar-refractivity contribution in [3.63, 3.8) is 0 Å². The molecule has 2 heteroatoms. The number of hydrogen-bond acceptors (Lipinski definition) is 2. The van der Waals surface area contributed by atoms with E-state index < -0.39 is 0 Å². The molecule has 1 aromatic rings. The topological polar surface area (TPSA) is 12.0 Å². The molecular formula is C13H23NS. The average Bonchev–Trinajstić information content (AvgIpc) is 2.66. The Bertz CT molecular complexity index is 261. The Morgan fingerprint density at radius 2 is 1.93 bits per heavy atom. The van der Waals surface area contributed by atoms with Gasteiger partial charge in [0.25, 0.3) is 0 Å². The third kappa shape index (κ3) is 4.35. The summed E-state index contributed by atoms with van der Waals surface area (Å²) in [6.07, 6.45) is 4.92. The number of nitrogens with one attached hydrogen (secondary N) is 1. The second kappa shape index (κ2) is 7.02. The van der Waals surface area contributed by atoms with Crippen LogP contribution in [0.25, 0.3) is 0 Å². The van der Waals surface area contributed by atoms with Crippen molar-refractivity contribution < 1.29 is 0 Å². The molecule has 0 saturated carbocycles. The van der Waals surface area contributed by atoms with E-state index in [2.05, 4.69) is 38.2 Å². The van der Waals surface area contributed by atoms with Crippen LogP contribution in [0.4, 0.5) is 0 Å². The lowest BCUT2D eigenvalue weighted by Gasteiger charge is -2.15. The summed E-state index contributed by atoms with van der Waals surface area (Å²) in [6, 6.07) is 5.24. The normalized spacial score (nSPS) is 13.0. The van der Waals surface area contributed by atoms with Gasteiger partial charge in [0.2, 0.25) is 0 Å². The first-order valence-corrected chi connectivity index (χ1v) is 6.92. The van der Waals surface area contributed by atoms with Gasteiger partial charge in [0.15, 0.2) is 0 Å². The Kier molecular flexibility index (Phi) is 5.96. The molecule has 1 heterocycles. The Labute approximate surface area is 97.9 Å². The Morgan fingerprint density at radius 1 is 1.20 bits per heavy atom. The van der Waals surface area contributed by atoms with E-state index in [4.69, 9.17) is 0 Å². The van der Waals surface area contributed by atoms with Gasteiger partial charge in [0.1, 0.15) is 0 Å². The molecule has 0 spiro atoms. The molecule has 0 amide bonds. The fraction of sp³-hybridized carbons (Fsp3) is 0.692. The molecule has 0 fully saturated rings. The highest BCUT2D eigenvalue weighted by atomic mass is 32.1. The Hall–Kier alpha value is -0.340. The van der Waals surface area contributed by atoms with Gasteiger partial charge in [-0.2, -0.15) is 0 Å². The first-order chi connectivity index (χ1) is 7.30. The smallest absolute Gasteiger partial charge is 0.0115 e. The summed E-state index contributed by atoms with van der Waals surface area (Å²) >= 11 is 1.97. The van der Waals surface area contributed by atoms with Crippen molar-refractivity contribution in [3.05, 3.63) is 21.9 Å². The zero-order chi connectivity index (χ0) is 11.1. The highest BCUT2D eigenvalue weighted by Gasteiger charge is 2.08. The van der Waals surface area contributed by atoms with Crippen LogP contribution in [-0.2, 0) is 12.8 Å². The van der Waals surface area contributed by atoms with Gasteiger partial charge in [-0.05, 0) is 37.9 Å². The van der Waals surface area contributed by atoms with Crippen molar-refractivity contribution in [1.82, 2.24) is 5.32 Å². The molecule has 1 aromatic heterocycles. The van der Waals surface area contributed by atoms with E-state index in [1.807, 2.05) is 11.3 Å². The fourth-order valence-corrected chi connectivity index (χ4v) is 2.92. The standard InChI is InChI=1S/C13H23NS/c1-4-7-11(14-6-3)10-13-9-8-12(5-2)15-13/h8-9,11,14H,4-7,10H2,1-3H3. The van der Waals surface area contributed by atoms with Gasteiger partial charge in [0, 0.05) is 15.8 Å². The van der Waals surface area contributed by atoms with Crippen molar-refractivity contribution in [2.45, 2.75) is 52.5 Å². The van der Waals surface area contributed by atoms with Crippen LogP contribution in [0.1, 0.15) is 43.4 Å². The molecule has 0 aliphatic heterocycles. The first-order valence-electron chi connectivity index (χ1n) is 6.11. The van der Waals surface area contributed by atoms with Crippen LogP contribution in [0, 0.1) is 0 Å². The molecule has 0 aliphatic rings. The summed E-state index contributed by atoms with van der Waals surface area (Å²) in [6.45, 7) is 7.75. The maximum Gasteiger partial charge on any atom is 0.0115 e. The van der Waals surface area contributed by atoms with Crippen molar-refractivity contribution >= 4 is 11.3 Å². The van der Waals surface area contributed by atoms with Gasteiger partial charge < -0.3 is 5.32 Å². The maximum absolute atomic E-state index is 3.57. The zero-order valence-corrected chi connectivity index (χ0v) is 11.0. The number of hydrogen-bond donors (Lipinski definition) is 1. The highest BCUT2D eigenvalue weighted by molar-refractivity contribution is 7.11. The van der Waals surface area contributed by atoms with E-state index in [1.165, 1.54) is 35.4 Å². The summed E-state index contributed by atoms with van der Waals surface area (Å²) in [5, 5.41) is 3.57. The van der Waals surface area contributed by atoms with Gasteiger partial charge in [-0.1, -0.05) is 27.2 Å². The van der Waals surface area contributed by atoms with Crippen LogP contribution in [0.15, 0.2) is 12.1 Å². The molecule has 1 unspecified atom stereocenters. The minimum absolute atomic E-state index is 0.670. The van der Waals surface area contributed by atoms with E-state index in [-0.39, 0.29) is 0 Å². The Balaban J connectivity index is 2.48. The van der Waals surface area contributed by atoms with Crippen molar-refractivity contribution in [3.8, 4) is 0 Å². The quantitative estimate of drug-likeness (QED) is 0.747. The Morgan fingerprint density at radius 3 is 2.47 bits per heavy atom. The largest absolute Gasteiger partial charge is 0.314 e. The molecule has 1 rings (SSSR count). The van der Waals surface area contributed by atoms with Gasteiger partial charge >= 0.3 is 0 Å². The number of rotatable bonds is 7. The predicted molar refractivity (Wildman–Crippen MR) is 69.8 cm³/mol. The first kappa shape index (κ1) is 12.7. The third-order valence-corrected chi connectivity index (χ3v) is 3.90. The molecule has 1 nitrogen and oxygen atoms in total. The SMILES string of the molecule is CCCC(Cc1ccc(CC)s1)NCC. The van der Waals surface area contributed by atoms with E-state index in [0.29, 0.717) is 6.04 Å². The van der Waals surface area contributed by atoms with Gasteiger partial charge in [-0.3, -0.25) is 0 Å². The number of aryl methyl sites for hydroxylation is 1. The van der Waals surface area contributed by atoms with Crippen LogP contribution in [-0.4, -0.2) is 12.6 Å². The molecular weight excluding hydrogens is 202 g/mol. The second-order valence-electron chi connectivity index (χ2n) is 3.97. The summed E-state index contributed by atoms with van der Waals surface area (Å²) in [7, 11) is 0. The summed E-state index contributed by atoms with van der Waals surface area (Å²) in [5.41, 5.74) is 0. The van der Waals surface area contributed by atoms with Crippen LogP contribution >= 0.6 is 11.3 Å². The fourth-order valence-electron chi connectivity index (χ4n) is 1.88. The summed E-state index contributed by atoms with van der Waals surface area (Å²) in [4.78, 5) is 3.04. The van der Waals surface area contributed by atoms with Crippen LogP contribution < -0.4 is 5.32 Å². The van der Waals surface area contributed by atoms with E-state index in [0.717, 1.165) is 6.54 Å². The molecule has 0 radical (unpaired) electrons. The van der Waals surface area contributed by atoms with Crippen LogP contribution in [0.3, 0.4) is 0 Å². The summed E-state index contributed by atoms with van der Waals surface area (Å²) < 4.78 is 0. The highest BCUT2D eigenvalue weighted by Crippen LogP contribution is 2.19. The average molecular weight is 225 g/mol. The minimum atomic E-state index is 0.670. The van der Waals surface area contributed by atoms with Crippen molar-refractivity contribution in [1.29, 1.82) is 0 Å². The monoisotopic (exact) mass is 225 g/mol. The van der Waals surface area contributed by atoms with Gasteiger partial charge in [-0.25, -0.2) is 0 Å². The predicted octanol–water partition coefficient (Wildman–Crippen LogP) is 3.63. The van der Waals surface area contributed by atoms with Gasteiger partial charge in [-0.15, -0.1) is 11.3 Å². The number of thiophene rings is 1. The third-order valence-electron chi connectivity index (χ3n) is 2.64. The lowest BCUT2D eigenvalue weighted by atomic mass is 10.1. The zero-order valence-electron chi connectivity index (χ0n) is 10.2. The van der Waals surface area contributed by atoms with Crippen molar-refractivity contribution in [2.75, 3.05) is 6.54 Å². The summed E-state index contributed by atoms with van der Waals surface area (Å²) in [5.74, 6) is 0. The molecule has 1 N–H and O–H groups in total. The maximum atomic E-state index is 3.57. The molecule has 0 aliphatic carbocycles. The number of likely N-dealkylation sites (N-methyl/N-ethyl adjacent to an activating group) is 1. The lowest BCUT2D eigenvalue weighted by Crippen LogP contribution is -2.30. The van der Waals surface area contributed by atoms with E-state index >= 15 is 0 Å². The van der Waals surface area contributed by atoms with Crippen molar-refractivity contribution in [2.24, 2.45) is 0 Å². The van der Waals surface area contributed by atoms with Gasteiger partial charge in [0.05, 0.1) is 0 Å². The molecule has 0 aromatic carbocycles. The van der Waals surface area contributed by atoms with Crippen LogP contribution in [0.2, 0.25) is 0 Å². The molecule has 86 valence electrons. The molecule has 0 saturated heterocycles.